The first-order chi connectivity index (χ1) is 20.1. The smallest absolute Gasteiger partial charge is 0.668 e. The number of hydrogen-bond donors (Lipinski definition) is 1. The molecule has 234 valence electrons. The second-order valence-corrected chi connectivity index (χ2v) is 25.7. The van der Waals surface area contributed by atoms with Gasteiger partial charge in [0.05, 0.1) is 6.04 Å². The molecule has 2 saturated carbocycles. The van der Waals surface area contributed by atoms with Gasteiger partial charge >= 0.3 is 23.1 Å². The molecule has 4 nitrogen and oxygen atoms in total. The summed E-state index contributed by atoms with van der Waals surface area (Å²) in [6.07, 6.45) is 15.8. The summed E-state index contributed by atoms with van der Waals surface area (Å²) in [7, 11) is -2.84. The van der Waals surface area contributed by atoms with Crippen molar-refractivity contribution in [2.45, 2.75) is 128 Å². The Bertz CT molecular complexity index is 956. The van der Waals surface area contributed by atoms with Crippen LogP contribution < -0.4 is 15.6 Å². The molecular formula is C35H59MgN3OPSi2+. The van der Waals surface area contributed by atoms with Crippen molar-refractivity contribution >= 4 is 63.6 Å². The zero-order valence-corrected chi connectivity index (χ0v) is 32.6. The van der Waals surface area contributed by atoms with Crippen molar-refractivity contribution < 1.29 is 9.73 Å². The molecule has 1 heterocycles. The maximum atomic E-state index is 5.42. The van der Waals surface area contributed by atoms with Gasteiger partial charge in [-0.1, -0.05) is 155 Å². The van der Waals surface area contributed by atoms with Crippen LogP contribution in [-0.2, 0) is 4.74 Å². The Balaban J connectivity index is 0.000000357. The third-order valence-electron chi connectivity index (χ3n) is 7.56. The van der Waals surface area contributed by atoms with Gasteiger partial charge in [0.15, 0.2) is 0 Å². The molecule has 0 amide bonds. The summed E-state index contributed by atoms with van der Waals surface area (Å²) in [5, 5.41) is 8.23. The normalized spacial score (nSPS) is 18.5. The van der Waals surface area contributed by atoms with Gasteiger partial charge < -0.3 is 14.4 Å². The molecule has 1 aliphatic heterocycles. The summed E-state index contributed by atoms with van der Waals surface area (Å²) >= 11 is 0. The van der Waals surface area contributed by atoms with E-state index in [1.54, 1.807) is 0 Å². The number of nitrogens with one attached hydrogen (secondary N) is 1. The van der Waals surface area contributed by atoms with Crippen LogP contribution >= 0.6 is 7.92 Å². The Kier molecular flexibility index (Phi) is 18.5. The molecule has 2 aliphatic carbocycles. The number of benzene rings is 2. The molecule has 3 aliphatic rings. The Morgan fingerprint density at radius 2 is 1.09 bits per heavy atom. The van der Waals surface area contributed by atoms with Crippen LogP contribution in [0.15, 0.2) is 60.7 Å². The molecule has 43 heavy (non-hydrogen) atoms. The van der Waals surface area contributed by atoms with E-state index in [4.69, 9.17) is 14.7 Å². The average Bonchev–Trinajstić information content (AvgIpc) is 3.55. The van der Waals surface area contributed by atoms with E-state index in [9.17, 15) is 0 Å². The second kappa shape index (κ2) is 20.6. The number of amidine groups is 1. The monoisotopic (exact) mass is 648 g/mol. The molecule has 2 aromatic carbocycles. The number of hydrogen-bond acceptors (Lipinski definition) is 1. The van der Waals surface area contributed by atoms with E-state index in [-0.39, 0.29) is 23.1 Å². The van der Waals surface area contributed by atoms with Gasteiger partial charge in [0.25, 0.3) is 0 Å². The Hall–Kier alpha value is -0.540. The number of nitrogens with zero attached hydrogens (tertiary/aromatic N) is 2. The molecule has 0 radical (unpaired) electrons. The van der Waals surface area contributed by atoms with E-state index in [0.717, 1.165) is 13.2 Å². The summed E-state index contributed by atoms with van der Waals surface area (Å²) in [4.78, 5) is 3.98. The molecule has 0 bridgehead atoms. The molecule has 0 unspecified atom stereocenters. The van der Waals surface area contributed by atoms with Crippen LogP contribution in [0.3, 0.4) is 0 Å². The van der Waals surface area contributed by atoms with Crippen LogP contribution in [0.5, 0.6) is 0 Å². The largest absolute Gasteiger partial charge is 2.00 e. The van der Waals surface area contributed by atoms with Gasteiger partial charge in [0.1, 0.15) is 5.58 Å². The van der Waals surface area contributed by atoms with E-state index >= 15 is 0 Å². The summed E-state index contributed by atoms with van der Waals surface area (Å²) in [5.41, 5.74) is 1.27. The summed E-state index contributed by atoms with van der Waals surface area (Å²) in [5.74, 6) is 0. The van der Waals surface area contributed by atoms with Gasteiger partial charge in [-0.05, 0) is 49.1 Å². The third-order valence-corrected chi connectivity index (χ3v) is 15.2. The van der Waals surface area contributed by atoms with Crippen molar-refractivity contribution in [2.75, 3.05) is 13.2 Å². The maximum Gasteiger partial charge on any atom is 2.00 e. The zero-order valence-electron chi connectivity index (χ0n) is 28.3. The molecule has 8 heteroatoms. The molecule has 3 fully saturated rings. The van der Waals surface area contributed by atoms with Crippen molar-refractivity contribution in [3.8, 4) is 0 Å². The molecule has 1 N–H and O–H groups in total. The van der Waals surface area contributed by atoms with Gasteiger partial charge in [-0.25, -0.2) is 0 Å². The number of rotatable bonds is 7. The summed E-state index contributed by atoms with van der Waals surface area (Å²) < 4.78 is 9.76. The molecular weight excluding hydrogens is 590 g/mol. The van der Waals surface area contributed by atoms with Crippen molar-refractivity contribution in [3.05, 3.63) is 70.6 Å². The van der Waals surface area contributed by atoms with E-state index in [2.05, 4.69) is 105 Å². The van der Waals surface area contributed by atoms with Gasteiger partial charge in [0.2, 0.25) is 0 Å². The summed E-state index contributed by atoms with van der Waals surface area (Å²) in [6, 6.07) is 23.2. The fraction of sp³-hybridized carbons (Fsp3) is 0.629. The molecule has 0 atom stereocenters. The van der Waals surface area contributed by atoms with Gasteiger partial charge in [-0.3, -0.25) is 5.32 Å². The van der Waals surface area contributed by atoms with E-state index < -0.39 is 24.4 Å². The molecule has 1 saturated heterocycles. The fourth-order valence-electron chi connectivity index (χ4n) is 6.04. The first-order valence-electron chi connectivity index (χ1n) is 16.7. The van der Waals surface area contributed by atoms with Crippen molar-refractivity contribution in [1.29, 1.82) is 0 Å². The standard InChI is InChI=1S/C25H32N2P.C6H18NSi2.C4H8O.Mg/c1-5-13-21(14-6-1)26-25(27-22-15-7-2-8-16-22)28(23-17-9-3-10-18-23)24-19-11-4-12-20-24;1-8(2,3)7-9(4,5)6;1-2-4-5-3-1;/h3-4,9-12,17-22H,1-2,5-8,13-16H2;1-6H3;1-4H2;/q2*-1;;+2/p+1. The van der Waals surface area contributed by atoms with Crippen LogP contribution in [0.25, 0.3) is 9.96 Å². The Morgan fingerprint density at radius 1 is 0.651 bits per heavy atom. The predicted molar refractivity (Wildman–Crippen MR) is 198 cm³/mol. The second-order valence-electron chi connectivity index (χ2n) is 14.0. The molecule has 0 spiro atoms. The first-order valence-corrected chi connectivity index (χ1v) is 24.9. The Labute approximate surface area is 284 Å². The number of ether oxygens (including phenoxy) is 1. The minimum Gasteiger partial charge on any atom is -0.668 e. The molecule has 0 aromatic heterocycles. The van der Waals surface area contributed by atoms with Crippen LogP contribution in [0.4, 0.5) is 0 Å². The Morgan fingerprint density at radius 3 is 1.47 bits per heavy atom. The molecule has 5 rings (SSSR count). The van der Waals surface area contributed by atoms with E-state index in [1.165, 1.54) is 93.2 Å². The third kappa shape index (κ3) is 16.5. The van der Waals surface area contributed by atoms with Gasteiger partial charge in [-0.15, -0.1) is 0 Å². The van der Waals surface area contributed by atoms with Crippen molar-refractivity contribution in [1.82, 2.24) is 0 Å². The maximum absolute atomic E-state index is 5.42. The van der Waals surface area contributed by atoms with Crippen LogP contribution in [0, 0.1) is 0 Å². The van der Waals surface area contributed by atoms with E-state index in [1.807, 2.05) is 0 Å². The minimum absolute atomic E-state index is 0. The van der Waals surface area contributed by atoms with Crippen molar-refractivity contribution in [3.63, 3.8) is 0 Å². The quantitative estimate of drug-likeness (QED) is 0.141. The van der Waals surface area contributed by atoms with Crippen molar-refractivity contribution in [2.24, 2.45) is 0 Å². The van der Waals surface area contributed by atoms with Crippen LogP contribution in [0.1, 0.15) is 77.0 Å². The van der Waals surface area contributed by atoms with Gasteiger partial charge in [-0.2, -0.15) is 0 Å². The van der Waals surface area contributed by atoms with E-state index in [0.29, 0.717) is 12.1 Å². The zero-order chi connectivity index (χ0) is 30.3. The average molecular weight is 649 g/mol. The minimum atomic E-state index is -1.11. The fourth-order valence-corrected chi connectivity index (χ4v) is 16.4. The van der Waals surface area contributed by atoms with Crippen LogP contribution in [-0.4, -0.2) is 70.4 Å². The van der Waals surface area contributed by atoms with Crippen LogP contribution in [0.2, 0.25) is 39.3 Å². The first kappa shape index (κ1) is 38.6. The molecule has 2 aromatic rings. The topological polar surface area (TPSA) is 51.4 Å². The van der Waals surface area contributed by atoms with Gasteiger partial charge in [0, 0.05) is 27.2 Å². The SMILES string of the molecule is C1CCOC1.C[Si](C)(C)[N-][Si](C)(C)C.[Mg+2].c1ccc(P(C([N-]C2CCCCC2)=[NH+]C2CCCCC2)c2ccccc2)cc1. The predicted octanol–water partition coefficient (Wildman–Crippen LogP) is 8.04. The summed E-state index contributed by atoms with van der Waals surface area (Å²) in [6.45, 7) is 15.8.